The van der Waals surface area contributed by atoms with Crippen LogP contribution in [0, 0.1) is 5.92 Å². The molecular formula is C25H35N3O4S. The fourth-order valence-electron chi connectivity index (χ4n) is 4.09. The molecule has 0 radical (unpaired) electrons. The summed E-state index contributed by atoms with van der Waals surface area (Å²) >= 11 is 0. The number of ether oxygens (including phenoxy) is 1. The predicted molar refractivity (Wildman–Crippen MR) is 131 cm³/mol. The molecule has 0 amide bonds. The van der Waals surface area contributed by atoms with Crippen LogP contribution in [0.2, 0.25) is 0 Å². The number of nitrogens with zero attached hydrogens (tertiary/aromatic N) is 1. The van der Waals surface area contributed by atoms with E-state index >= 15 is 0 Å². The zero-order chi connectivity index (χ0) is 23.5. The van der Waals surface area contributed by atoms with Crippen LogP contribution in [-0.4, -0.2) is 58.6 Å². The topological polar surface area (TPSA) is 87.7 Å². The van der Waals surface area contributed by atoms with E-state index in [1.165, 1.54) is 5.69 Å². The SMILES string of the molecule is CCOC(=O)CNS(=O)(=O)c1ccc(CC2CCN(CCCNc3ccccc3)CC2)cc1. The van der Waals surface area contributed by atoms with Crippen molar-refractivity contribution in [2.24, 2.45) is 5.92 Å². The highest BCUT2D eigenvalue weighted by atomic mass is 32.2. The van der Waals surface area contributed by atoms with Crippen LogP contribution in [-0.2, 0) is 26.0 Å². The Morgan fingerprint density at radius 3 is 2.42 bits per heavy atom. The van der Waals surface area contributed by atoms with Crippen LogP contribution in [0.25, 0.3) is 0 Å². The van der Waals surface area contributed by atoms with Crippen molar-refractivity contribution in [3.05, 3.63) is 60.2 Å². The normalized spacial score (nSPS) is 15.3. The molecule has 0 atom stereocenters. The van der Waals surface area contributed by atoms with Gasteiger partial charge in [-0.05, 0) is 88.0 Å². The second-order valence-corrected chi connectivity index (χ2v) is 10.2. The molecule has 2 aromatic carbocycles. The Balaban J connectivity index is 1.36. The van der Waals surface area contributed by atoms with Crippen molar-refractivity contribution in [3.63, 3.8) is 0 Å². The maximum Gasteiger partial charge on any atom is 0.321 e. The van der Waals surface area contributed by atoms with E-state index in [1.54, 1.807) is 19.1 Å². The first kappa shape index (κ1) is 25.2. The first-order valence-electron chi connectivity index (χ1n) is 11.7. The van der Waals surface area contributed by atoms with Gasteiger partial charge in [0.1, 0.15) is 6.54 Å². The number of carbonyl (C=O) groups excluding carboxylic acids is 1. The minimum Gasteiger partial charge on any atom is -0.465 e. The van der Waals surface area contributed by atoms with Gasteiger partial charge in [-0.1, -0.05) is 30.3 Å². The van der Waals surface area contributed by atoms with Gasteiger partial charge >= 0.3 is 5.97 Å². The molecule has 3 rings (SSSR count). The summed E-state index contributed by atoms with van der Waals surface area (Å²) in [5.41, 5.74) is 2.31. The Bertz CT molecular complexity index is 957. The third kappa shape index (κ3) is 8.46. The largest absolute Gasteiger partial charge is 0.465 e. The van der Waals surface area contributed by atoms with E-state index in [9.17, 15) is 13.2 Å². The molecule has 7 nitrogen and oxygen atoms in total. The number of benzene rings is 2. The lowest BCUT2D eigenvalue weighted by atomic mass is 9.90. The van der Waals surface area contributed by atoms with Crippen LogP contribution in [0.3, 0.4) is 0 Å². The molecule has 0 aliphatic carbocycles. The van der Waals surface area contributed by atoms with Crippen LogP contribution in [0.1, 0.15) is 31.7 Å². The molecule has 33 heavy (non-hydrogen) atoms. The van der Waals surface area contributed by atoms with Gasteiger partial charge in [0.15, 0.2) is 0 Å². The number of piperidine rings is 1. The standard InChI is InChI=1S/C25H35N3O4S/c1-2-32-25(29)20-27-33(30,31)24-11-9-21(10-12-24)19-22-13-17-28(18-14-22)16-6-15-26-23-7-4-3-5-8-23/h3-5,7-12,22,26-27H,2,6,13-20H2,1H3. The van der Waals surface area contributed by atoms with Gasteiger partial charge in [0, 0.05) is 12.2 Å². The molecule has 2 aromatic rings. The molecule has 0 saturated carbocycles. The van der Waals surface area contributed by atoms with Gasteiger partial charge in [0.05, 0.1) is 11.5 Å². The molecule has 0 aromatic heterocycles. The van der Waals surface area contributed by atoms with Gasteiger partial charge in [-0.2, -0.15) is 4.72 Å². The Morgan fingerprint density at radius 1 is 1.06 bits per heavy atom. The van der Waals surface area contributed by atoms with Crippen LogP contribution >= 0.6 is 0 Å². The number of esters is 1. The molecule has 1 aliphatic heterocycles. The number of hydrogen-bond donors (Lipinski definition) is 2. The summed E-state index contributed by atoms with van der Waals surface area (Å²) in [4.78, 5) is 14.1. The molecule has 0 spiro atoms. The van der Waals surface area contributed by atoms with Crippen molar-refractivity contribution in [1.29, 1.82) is 0 Å². The van der Waals surface area contributed by atoms with Crippen molar-refractivity contribution in [2.45, 2.75) is 37.5 Å². The third-order valence-electron chi connectivity index (χ3n) is 5.93. The highest BCUT2D eigenvalue weighted by molar-refractivity contribution is 7.89. The Kier molecular flexibility index (Phi) is 9.72. The van der Waals surface area contributed by atoms with E-state index in [0.717, 1.165) is 57.4 Å². The number of sulfonamides is 1. The molecule has 8 heteroatoms. The molecule has 1 heterocycles. The van der Waals surface area contributed by atoms with Gasteiger partial charge in [-0.25, -0.2) is 8.42 Å². The second-order valence-electron chi connectivity index (χ2n) is 8.41. The van der Waals surface area contributed by atoms with E-state index in [1.807, 2.05) is 30.3 Å². The molecule has 1 aliphatic rings. The van der Waals surface area contributed by atoms with Crippen molar-refractivity contribution in [2.75, 3.05) is 44.6 Å². The first-order valence-corrected chi connectivity index (χ1v) is 13.2. The van der Waals surface area contributed by atoms with Crippen LogP contribution in [0.5, 0.6) is 0 Å². The Hall–Kier alpha value is -2.42. The van der Waals surface area contributed by atoms with Crippen LogP contribution < -0.4 is 10.0 Å². The molecular weight excluding hydrogens is 438 g/mol. The molecule has 0 bridgehead atoms. The minimum absolute atomic E-state index is 0.162. The third-order valence-corrected chi connectivity index (χ3v) is 7.35. The smallest absolute Gasteiger partial charge is 0.321 e. The van der Waals surface area contributed by atoms with E-state index < -0.39 is 16.0 Å². The van der Waals surface area contributed by atoms with Crippen molar-refractivity contribution in [1.82, 2.24) is 9.62 Å². The fraction of sp³-hybridized carbons (Fsp3) is 0.480. The number of likely N-dealkylation sites (tertiary alicyclic amines) is 1. The highest BCUT2D eigenvalue weighted by Crippen LogP contribution is 2.22. The van der Waals surface area contributed by atoms with Gasteiger partial charge in [0.25, 0.3) is 0 Å². The minimum atomic E-state index is -3.72. The van der Waals surface area contributed by atoms with E-state index in [4.69, 9.17) is 4.74 Å². The number of nitrogens with one attached hydrogen (secondary N) is 2. The molecule has 1 fully saturated rings. The summed E-state index contributed by atoms with van der Waals surface area (Å²) < 4.78 is 31.7. The highest BCUT2D eigenvalue weighted by Gasteiger charge is 2.20. The van der Waals surface area contributed by atoms with Gasteiger partial charge in [-0.3, -0.25) is 4.79 Å². The summed E-state index contributed by atoms with van der Waals surface area (Å²) in [6.45, 7) is 5.85. The molecule has 2 N–H and O–H groups in total. The summed E-state index contributed by atoms with van der Waals surface area (Å²) in [5, 5.41) is 3.46. The number of para-hydroxylation sites is 1. The zero-order valence-electron chi connectivity index (χ0n) is 19.3. The summed E-state index contributed by atoms with van der Waals surface area (Å²) in [7, 11) is -3.72. The monoisotopic (exact) mass is 473 g/mol. The van der Waals surface area contributed by atoms with Gasteiger partial charge < -0.3 is 15.0 Å². The van der Waals surface area contributed by atoms with E-state index in [2.05, 4.69) is 27.1 Å². The maximum atomic E-state index is 12.3. The lowest BCUT2D eigenvalue weighted by molar-refractivity contribution is -0.141. The van der Waals surface area contributed by atoms with Crippen molar-refractivity contribution < 1.29 is 17.9 Å². The summed E-state index contributed by atoms with van der Waals surface area (Å²) in [6.07, 6.45) is 4.40. The number of anilines is 1. The maximum absolute atomic E-state index is 12.3. The van der Waals surface area contributed by atoms with Crippen LogP contribution in [0.15, 0.2) is 59.5 Å². The average molecular weight is 474 g/mol. The number of carbonyl (C=O) groups is 1. The average Bonchev–Trinajstić information content (AvgIpc) is 2.83. The summed E-state index contributed by atoms with van der Waals surface area (Å²) in [6, 6.07) is 17.3. The second kappa shape index (κ2) is 12.7. The van der Waals surface area contributed by atoms with E-state index in [0.29, 0.717) is 5.92 Å². The fourth-order valence-corrected chi connectivity index (χ4v) is 5.06. The molecule has 0 unspecified atom stereocenters. The predicted octanol–water partition coefficient (Wildman–Crippen LogP) is 3.28. The van der Waals surface area contributed by atoms with E-state index in [-0.39, 0.29) is 18.0 Å². The summed E-state index contributed by atoms with van der Waals surface area (Å²) in [5.74, 6) is 0.0320. The quantitative estimate of drug-likeness (QED) is 0.363. The lowest BCUT2D eigenvalue weighted by Gasteiger charge is -2.32. The van der Waals surface area contributed by atoms with Gasteiger partial charge in [-0.15, -0.1) is 0 Å². The van der Waals surface area contributed by atoms with Crippen molar-refractivity contribution >= 4 is 21.7 Å². The van der Waals surface area contributed by atoms with Gasteiger partial charge in [0.2, 0.25) is 10.0 Å². The Morgan fingerprint density at radius 2 is 1.76 bits per heavy atom. The number of rotatable bonds is 12. The molecule has 1 saturated heterocycles. The zero-order valence-corrected chi connectivity index (χ0v) is 20.1. The van der Waals surface area contributed by atoms with Crippen molar-refractivity contribution in [3.8, 4) is 0 Å². The van der Waals surface area contributed by atoms with Crippen LogP contribution in [0.4, 0.5) is 5.69 Å². The number of hydrogen-bond acceptors (Lipinski definition) is 6. The Labute approximate surface area is 197 Å². The lowest BCUT2D eigenvalue weighted by Crippen LogP contribution is -2.35. The first-order chi connectivity index (χ1) is 16.0. The molecule has 180 valence electrons.